The van der Waals surface area contributed by atoms with Gasteiger partial charge in [0.25, 0.3) is 0 Å². The number of carbonyl (C=O) groups is 1. The molecule has 2 heterocycles. The fourth-order valence-corrected chi connectivity index (χ4v) is 2.85. The smallest absolute Gasteiger partial charge is 0.246 e. The zero-order valence-corrected chi connectivity index (χ0v) is 15.7. The van der Waals surface area contributed by atoms with E-state index in [-0.39, 0.29) is 5.91 Å². The second-order valence-electron chi connectivity index (χ2n) is 6.23. The number of allylic oxidation sites excluding steroid dienone is 3. The van der Waals surface area contributed by atoms with Gasteiger partial charge in [0, 0.05) is 37.8 Å². The van der Waals surface area contributed by atoms with Crippen LogP contribution < -0.4 is 4.74 Å². The van der Waals surface area contributed by atoms with E-state index in [9.17, 15) is 4.79 Å². The molecular weight excluding hydrogens is 344 g/mol. The number of benzene rings is 1. The van der Waals surface area contributed by atoms with Crippen LogP contribution in [0.3, 0.4) is 0 Å². The number of rotatable bonds is 6. The molecule has 7 heteroatoms. The van der Waals surface area contributed by atoms with Gasteiger partial charge in [-0.15, -0.1) is 0 Å². The van der Waals surface area contributed by atoms with Crippen LogP contribution in [-0.4, -0.2) is 59.1 Å². The van der Waals surface area contributed by atoms with Crippen LogP contribution in [0.25, 0.3) is 11.4 Å². The summed E-state index contributed by atoms with van der Waals surface area (Å²) >= 11 is 0. The molecule has 0 radical (unpaired) electrons. The lowest BCUT2D eigenvalue weighted by Crippen LogP contribution is -2.47. The summed E-state index contributed by atoms with van der Waals surface area (Å²) in [6, 6.07) is 7.54. The number of amides is 1. The van der Waals surface area contributed by atoms with Crippen LogP contribution in [0.15, 0.2) is 53.1 Å². The molecule has 1 amide bonds. The van der Waals surface area contributed by atoms with Crippen molar-refractivity contribution in [3.63, 3.8) is 0 Å². The van der Waals surface area contributed by atoms with Gasteiger partial charge in [-0.05, 0) is 31.2 Å². The number of methoxy groups -OCH3 is 1. The largest absolute Gasteiger partial charge is 0.497 e. The number of ether oxygens (including phenoxy) is 1. The molecule has 1 aliphatic heterocycles. The number of aromatic nitrogens is 2. The molecule has 142 valence electrons. The molecular formula is C20H24N4O3. The Kier molecular flexibility index (Phi) is 6.38. The monoisotopic (exact) mass is 368 g/mol. The Hall–Kier alpha value is -2.93. The summed E-state index contributed by atoms with van der Waals surface area (Å²) in [5, 5.41) is 4.06. The normalized spacial score (nSPS) is 15.7. The van der Waals surface area contributed by atoms with E-state index in [0.29, 0.717) is 31.3 Å². The number of nitrogens with zero attached hydrogens (tertiary/aromatic N) is 4. The zero-order chi connectivity index (χ0) is 19.1. The second kappa shape index (κ2) is 9.14. The molecule has 1 aromatic carbocycles. The fourth-order valence-electron chi connectivity index (χ4n) is 2.85. The van der Waals surface area contributed by atoms with E-state index < -0.39 is 0 Å². The highest BCUT2D eigenvalue weighted by atomic mass is 16.5. The first kappa shape index (κ1) is 18.8. The average molecular weight is 368 g/mol. The summed E-state index contributed by atoms with van der Waals surface area (Å²) in [5.41, 5.74) is 0.883. The topological polar surface area (TPSA) is 71.7 Å². The van der Waals surface area contributed by atoms with Gasteiger partial charge in [-0.25, -0.2) is 0 Å². The summed E-state index contributed by atoms with van der Waals surface area (Å²) in [6.45, 7) is 5.45. The van der Waals surface area contributed by atoms with Crippen molar-refractivity contribution in [2.24, 2.45) is 0 Å². The van der Waals surface area contributed by atoms with Crippen molar-refractivity contribution in [2.45, 2.75) is 13.5 Å². The molecule has 0 saturated carbocycles. The number of piperazine rings is 1. The van der Waals surface area contributed by atoms with Gasteiger partial charge in [0.15, 0.2) is 0 Å². The summed E-state index contributed by atoms with van der Waals surface area (Å²) in [7, 11) is 1.63. The predicted molar refractivity (Wildman–Crippen MR) is 102 cm³/mol. The molecule has 0 unspecified atom stereocenters. The molecule has 27 heavy (non-hydrogen) atoms. The minimum absolute atomic E-state index is 0.0485. The minimum Gasteiger partial charge on any atom is -0.497 e. The Morgan fingerprint density at radius 2 is 1.93 bits per heavy atom. The maximum atomic E-state index is 12.1. The van der Waals surface area contributed by atoms with Crippen molar-refractivity contribution >= 4 is 5.91 Å². The first-order chi connectivity index (χ1) is 13.2. The molecule has 0 N–H and O–H groups in total. The zero-order valence-electron chi connectivity index (χ0n) is 15.7. The Labute approximate surface area is 158 Å². The highest BCUT2D eigenvalue weighted by Crippen LogP contribution is 2.20. The molecule has 1 aliphatic rings. The lowest BCUT2D eigenvalue weighted by atomic mass is 10.2. The average Bonchev–Trinajstić information content (AvgIpc) is 3.17. The van der Waals surface area contributed by atoms with Crippen LogP contribution >= 0.6 is 0 Å². The predicted octanol–water partition coefficient (Wildman–Crippen LogP) is 2.52. The van der Waals surface area contributed by atoms with Gasteiger partial charge in [0.1, 0.15) is 5.75 Å². The Morgan fingerprint density at radius 1 is 1.19 bits per heavy atom. The maximum Gasteiger partial charge on any atom is 0.246 e. The first-order valence-corrected chi connectivity index (χ1v) is 8.97. The molecule has 1 fully saturated rings. The molecule has 3 rings (SSSR count). The van der Waals surface area contributed by atoms with Crippen LogP contribution in [0.2, 0.25) is 0 Å². The van der Waals surface area contributed by atoms with Crippen molar-refractivity contribution in [1.29, 1.82) is 0 Å². The van der Waals surface area contributed by atoms with Crippen LogP contribution in [0.4, 0.5) is 0 Å². The summed E-state index contributed by atoms with van der Waals surface area (Å²) in [4.78, 5) is 20.6. The van der Waals surface area contributed by atoms with Gasteiger partial charge in [0.2, 0.25) is 17.6 Å². The van der Waals surface area contributed by atoms with E-state index in [2.05, 4.69) is 15.0 Å². The number of hydrogen-bond donors (Lipinski definition) is 0. The molecule has 1 aromatic heterocycles. The molecule has 1 saturated heterocycles. The van der Waals surface area contributed by atoms with Gasteiger partial charge in [-0.2, -0.15) is 4.98 Å². The molecule has 7 nitrogen and oxygen atoms in total. The Balaban J connectivity index is 1.52. The highest BCUT2D eigenvalue weighted by Gasteiger charge is 2.21. The van der Waals surface area contributed by atoms with Gasteiger partial charge >= 0.3 is 0 Å². The van der Waals surface area contributed by atoms with Crippen molar-refractivity contribution in [3.8, 4) is 17.1 Å². The van der Waals surface area contributed by atoms with Crippen molar-refractivity contribution < 1.29 is 14.1 Å². The second-order valence-corrected chi connectivity index (χ2v) is 6.23. The fraction of sp³-hybridized carbons (Fsp3) is 0.350. The van der Waals surface area contributed by atoms with E-state index in [1.54, 1.807) is 19.3 Å². The van der Waals surface area contributed by atoms with Crippen LogP contribution in [0.1, 0.15) is 12.8 Å². The maximum absolute atomic E-state index is 12.1. The molecule has 2 aromatic rings. The first-order valence-electron chi connectivity index (χ1n) is 8.97. The van der Waals surface area contributed by atoms with E-state index in [0.717, 1.165) is 24.4 Å². The van der Waals surface area contributed by atoms with Crippen molar-refractivity contribution in [2.75, 3.05) is 33.3 Å². The van der Waals surface area contributed by atoms with Gasteiger partial charge in [-0.1, -0.05) is 23.4 Å². The standard InChI is InChI=1S/C20H24N4O3/c1-3-4-5-6-19(25)24-13-11-23(12-14-24)15-18-21-20(22-27-18)16-7-9-17(26-2)10-8-16/h3-10H,11-15H2,1-2H3/b4-3+,6-5+. The van der Waals surface area contributed by atoms with Crippen LogP contribution in [-0.2, 0) is 11.3 Å². The third kappa shape index (κ3) is 5.04. The van der Waals surface area contributed by atoms with Gasteiger partial charge in [0.05, 0.1) is 13.7 Å². The third-order valence-electron chi connectivity index (χ3n) is 4.40. The van der Waals surface area contributed by atoms with Gasteiger partial charge in [-0.3, -0.25) is 9.69 Å². The Bertz CT molecular complexity index is 803. The summed E-state index contributed by atoms with van der Waals surface area (Å²) in [6.07, 6.45) is 7.12. The number of carbonyl (C=O) groups excluding carboxylic acids is 1. The van der Waals surface area contributed by atoms with Crippen LogP contribution in [0, 0.1) is 0 Å². The van der Waals surface area contributed by atoms with E-state index in [1.807, 2.05) is 48.2 Å². The number of hydrogen-bond acceptors (Lipinski definition) is 6. The van der Waals surface area contributed by atoms with E-state index >= 15 is 0 Å². The molecule has 0 bridgehead atoms. The van der Waals surface area contributed by atoms with E-state index in [4.69, 9.17) is 9.26 Å². The van der Waals surface area contributed by atoms with Gasteiger partial charge < -0.3 is 14.2 Å². The summed E-state index contributed by atoms with van der Waals surface area (Å²) < 4.78 is 10.5. The van der Waals surface area contributed by atoms with Crippen LogP contribution in [0.5, 0.6) is 5.75 Å². The molecule has 0 aliphatic carbocycles. The van der Waals surface area contributed by atoms with E-state index in [1.165, 1.54) is 0 Å². The Morgan fingerprint density at radius 3 is 2.59 bits per heavy atom. The van der Waals surface area contributed by atoms with Crippen molar-refractivity contribution in [3.05, 3.63) is 54.5 Å². The molecule has 0 spiro atoms. The third-order valence-corrected chi connectivity index (χ3v) is 4.40. The summed E-state index contributed by atoms with van der Waals surface area (Å²) in [5.74, 6) is 1.98. The highest BCUT2D eigenvalue weighted by molar-refractivity contribution is 5.87. The SMILES string of the molecule is C/C=C/C=C/C(=O)N1CCN(Cc2nc(-c3ccc(OC)cc3)no2)CC1. The minimum atomic E-state index is 0.0485. The molecule has 0 atom stereocenters. The lowest BCUT2D eigenvalue weighted by Gasteiger charge is -2.33. The lowest BCUT2D eigenvalue weighted by molar-refractivity contribution is -0.127. The quantitative estimate of drug-likeness (QED) is 0.576. The van der Waals surface area contributed by atoms with Crippen molar-refractivity contribution in [1.82, 2.24) is 19.9 Å².